The monoisotopic (exact) mass is 268 g/mol. The van der Waals surface area contributed by atoms with Gasteiger partial charge in [-0.05, 0) is 13.0 Å². The number of amides is 1. The molecule has 1 amide bonds. The van der Waals surface area contributed by atoms with Gasteiger partial charge in [0.2, 0.25) is 0 Å². The van der Waals surface area contributed by atoms with Gasteiger partial charge in [0.25, 0.3) is 0 Å². The van der Waals surface area contributed by atoms with Crippen LogP contribution in [0, 0.1) is 0 Å². The Hall–Kier alpha value is -1.36. The van der Waals surface area contributed by atoms with Crippen LogP contribution in [0.5, 0.6) is 0 Å². The molecule has 0 bridgehead atoms. The highest BCUT2D eigenvalue weighted by molar-refractivity contribution is 9.10. The normalized spacial score (nSPS) is 20.3. The standard InChI is InChI=1S/C10H9BrN2O2/c1-6-9(12-13-10(14)15-6)7-4-2-3-5-8(7)11/h2-6H,1H3,(H,13,14). The molecule has 78 valence electrons. The summed E-state index contributed by atoms with van der Waals surface area (Å²) in [5.74, 6) is 0. The topological polar surface area (TPSA) is 50.7 Å². The first-order chi connectivity index (χ1) is 7.18. The summed E-state index contributed by atoms with van der Waals surface area (Å²) >= 11 is 3.43. The number of halogens is 1. The molecule has 0 spiro atoms. The van der Waals surface area contributed by atoms with E-state index in [1.54, 1.807) is 6.92 Å². The molecule has 4 nitrogen and oxygen atoms in total. The Balaban J connectivity index is 2.39. The third kappa shape index (κ3) is 2.02. The zero-order valence-corrected chi connectivity index (χ0v) is 9.61. The molecule has 1 N–H and O–H groups in total. The van der Waals surface area contributed by atoms with Gasteiger partial charge in [0, 0.05) is 10.0 Å². The maximum absolute atomic E-state index is 10.9. The fourth-order valence-corrected chi connectivity index (χ4v) is 1.88. The highest BCUT2D eigenvalue weighted by Gasteiger charge is 2.23. The Morgan fingerprint density at radius 1 is 1.47 bits per heavy atom. The van der Waals surface area contributed by atoms with Crippen LogP contribution in [0.15, 0.2) is 33.8 Å². The Labute approximate surface area is 95.4 Å². The summed E-state index contributed by atoms with van der Waals surface area (Å²) in [7, 11) is 0. The van der Waals surface area contributed by atoms with Crippen molar-refractivity contribution in [2.24, 2.45) is 5.10 Å². The van der Waals surface area contributed by atoms with Crippen LogP contribution < -0.4 is 5.43 Å². The average molecular weight is 269 g/mol. The molecule has 1 unspecified atom stereocenters. The minimum atomic E-state index is -0.515. The van der Waals surface area contributed by atoms with Crippen molar-refractivity contribution in [2.75, 3.05) is 0 Å². The lowest BCUT2D eigenvalue weighted by atomic mass is 10.1. The van der Waals surface area contributed by atoms with Crippen LogP contribution in [0.2, 0.25) is 0 Å². The van der Waals surface area contributed by atoms with Crippen molar-refractivity contribution in [1.29, 1.82) is 0 Å². The van der Waals surface area contributed by atoms with E-state index in [-0.39, 0.29) is 6.10 Å². The van der Waals surface area contributed by atoms with Gasteiger partial charge in [-0.15, -0.1) is 0 Å². The Bertz CT molecular complexity index is 431. The number of carbonyl (C=O) groups is 1. The number of cyclic esters (lactones) is 1. The lowest BCUT2D eigenvalue weighted by molar-refractivity contribution is 0.127. The molecule has 0 fully saturated rings. The van der Waals surface area contributed by atoms with E-state index in [9.17, 15) is 4.79 Å². The summed E-state index contributed by atoms with van der Waals surface area (Å²) in [6.45, 7) is 1.79. The van der Waals surface area contributed by atoms with Crippen LogP contribution >= 0.6 is 15.9 Å². The molecule has 0 saturated carbocycles. The summed E-state index contributed by atoms with van der Waals surface area (Å²) in [5.41, 5.74) is 3.93. The van der Waals surface area contributed by atoms with Crippen LogP contribution in [0.25, 0.3) is 0 Å². The number of hydrogen-bond acceptors (Lipinski definition) is 3. The van der Waals surface area contributed by atoms with E-state index in [1.165, 1.54) is 0 Å². The Morgan fingerprint density at radius 3 is 2.87 bits per heavy atom. The number of benzene rings is 1. The molecule has 0 radical (unpaired) electrons. The fourth-order valence-electron chi connectivity index (χ4n) is 1.39. The Morgan fingerprint density at radius 2 is 2.20 bits per heavy atom. The van der Waals surface area contributed by atoms with Crippen LogP contribution in [-0.2, 0) is 4.74 Å². The van der Waals surface area contributed by atoms with Crippen molar-refractivity contribution in [3.8, 4) is 0 Å². The van der Waals surface area contributed by atoms with E-state index in [4.69, 9.17) is 4.74 Å². The molecule has 1 atom stereocenters. The number of carbonyl (C=O) groups excluding carboxylic acids is 1. The van der Waals surface area contributed by atoms with Gasteiger partial charge in [-0.2, -0.15) is 5.10 Å². The van der Waals surface area contributed by atoms with Gasteiger partial charge < -0.3 is 4.74 Å². The van der Waals surface area contributed by atoms with E-state index < -0.39 is 6.09 Å². The van der Waals surface area contributed by atoms with E-state index in [2.05, 4.69) is 26.5 Å². The molecule has 2 rings (SSSR count). The summed E-state index contributed by atoms with van der Waals surface area (Å²) in [6, 6.07) is 7.66. The molecular weight excluding hydrogens is 260 g/mol. The van der Waals surface area contributed by atoms with Gasteiger partial charge in [-0.1, -0.05) is 34.1 Å². The van der Waals surface area contributed by atoms with Crippen LogP contribution in [0.4, 0.5) is 4.79 Å². The zero-order valence-electron chi connectivity index (χ0n) is 8.03. The van der Waals surface area contributed by atoms with Crippen LogP contribution in [-0.4, -0.2) is 17.9 Å². The molecule has 1 aromatic rings. The molecule has 1 heterocycles. The Kier molecular flexibility index (Phi) is 2.73. The molecule has 0 aliphatic carbocycles. The van der Waals surface area contributed by atoms with E-state index in [1.807, 2.05) is 24.3 Å². The predicted molar refractivity (Wildman–Crippen MR) is 59.8 cm³/mol. The van der Waals surface area contributed by atoms with Crippen molar-refractivity contribution >= 4 is 27.7 Å². The van der Waals surface area contributed by atoms with Gasteiger partial charge in [0.1, 0.15) is 11.8 Å². The summed E-state index contributed by atoms with van der Waals surface area (Å²) in [5, 5.41) is 3.98. The van der Waals surface area contributed by atoms with Gasteiger partial charge in [0.15, 0.2) is 0 Å². The molecule has 0 aromatic heterocycles. The minimum absolute atomic E-state index is 0.336. The highest BCUT2D eigenvalue weighted by Crippen LogP contribution is 2.20. The average Bonchev–Trinajstić information content (AvgIpc) is 2.20. The van der Waals surface area contributed by atoms with Crippen molar-refractivity contribution in [1.82, 2.24) is 5.43 Å². The second-order valence-electron chi connectivity index (χ2n) is 3.14. The second-order valence-corrected chi connectivity index (χ2v) is 3.99. The van der Waals surface area contributed by atoms with Crippen molar-refractivity contribution in [2.45, 2.75) is 13.0 Å². The number of hydrogen-bond donors (Lipinski definition) is 1. The smallest absolute Gasteiger partial charge is 0.428 e. The largest absolute Gasteiger partial charge is 0.439 e. The summed E-state index contributed by atoms with van der Waals surface area (Å²) < 4.78 is 5.93. The van der Waals surface area contributed by atoms with Gasteiger partial charge in [-0.25, -0.2) is 10.2 Å². The quantitative estimate of drug-likeness (QED) is 0.850. The molecule has 5 heteroatoms. The first-order valence-corrected chi connectivity index (χ1v) is 5.27. The van der Waals surface area contributed by atoms with E-state index in [0.717, 1.165) is 10.0 Å². The number of nitrogens with zero attached hydrogens (tertiary/aromatic N) is 1. The van der Waals surface area contributed by atoms with Gasteiger partial charge in [0.05, 0.1) is 0 Å². The lowest BCUT2D eigenvalue weighted by Crippen LogP contribution is -2.37. The molecule has 1 aliphatic rings. The highest BCUT2D eigenvalue weighted by atomic mass is 79.9. The molecule has 15 heavy (non-hydrogen) atoms. The molecular formula is C10H9BrN2O2. The summed E-state index contributed by atoms with van der Waals surface area (Å²) in [6.07, 6.45) is -0.851. The maximum Gasteiger partial charge on any atom is 0.428 e. The minimum Gasteiger partial charge on any atom is -0.439 e. The second kappa shape index (κ2) is 4.02. The first-order valence-electron chi connectivity index (χ1n) is 4.47. The van der Waals surface area contributed by atoms with Gasteiger partial charge in [-0.3, -0.25) is 0 Å². The lowest BCUT2D eigenvalue weighted by Gasteiger charge is -2.20. The SMILES string of the molecule is CC1OC(=O)NN=C1c1ccccc1Br. The number of nitrogens with one attached hydrogen (secondary N) is 1. The van der Waals surface area contributed by atoms with E-state index >= 15 is 0 Å². The predicted octanol–water partition coefficient (Wildman–Crippen LogP) is 2.28. The number of rotatable bonds is 1. The summed E-state index contributed by atoms with van der Waals surface area (Å²) in [4.78, 5) is 10.9. The van der Waals surface area contributed by atoms with Gasteiger partial charge >= 0.3 is 6.09 Å². The molecule has 1 aliphatic heterocycles. The van der Waals surface area contributed by atoms with Crippen molar-refractivity contribution < 1.29 is 9.53 Å². The van der Waals surface area contributed by atoms with E-state index in [0.29, 0.717) is 5.71 Å². The molecule has 1 aromatic carbocycles. The first kappa shape index (κ1) is 10.2. The maximum atomic E-state index is 10.9. The fraction of sp³-hybridized carbons (Fsp3) is 0.200. The third-order valence-corrected chi connectivity index (χ3v) is 2.78. The number of hydrazone groups is 1. The third-order valence-electron chi connectivity index (χ3n) is 2.09. The molecule has 0 saturated heterocycles. The zero-order chi connectivity index (χ0) is 10.8. The van der Waals surface area contributed by atoms with Crippen LogP contribution in [0.1, 0.15) is 12.5 Å². The number of ether oxygens (including phenoxy) is 1. The van der Waals surface area contributed by atoms with Crippen molar-refractivity contribution in [3.05, 3.63) is 34.3 Å². The van der Waals surface area contributed by atoms with Crippen molar-refractivity contribution in [3.63, 3.8) is 0 Å². The van der Waals surface area contributed by atoms with Crippen LogP contribution in [0.3, 0.4) is 0 Å².